The fourth-order valence-electron chi connectivity index (χ4n) is 3.47. The molecule has 0 unspecified atom stereocenters. The second-order valence-corrected chi connectivity index (χ2v) is 8.76. The van der Waals surface area contributed by atoms with E-state index in [9.17, 15) is 0 Å². The van der Waals surface area contributed by atoms with Crippen LogP contribution in [0.5, 0.6) is 0 Å². The quantitative estimate of drug-likeness (QED) is 0.154. The van der Waals surface area contributed by atoms with Crippen LogP contribution in [0.25, 0.3) is 11.9 Å². The number of hydrogen-bond acceptors (Lipinski definition) is 18. The molecule has 0 atom stereocenters. The summed E-state index contributed by atoms with van der Waals surface area (Å²) in [7, 11) is 0. The van der Waals surface area contributed by atoms with Crippen molar-refractivity contribution < 1.29 is 0 Å². The first-order valence-electron chi connectivity index (χ1n) is 12.6. The van der Waals surface area contributed by atoms with Gasteiger partial charge in [0, 0.05) is 11.4 Å². The summed E-state index contributed by atoms with van der Waals surface area (Å²) in [5.41, 5.74) is 8.71. The average molecular weight is 600 g/mol. The van der Waals surface area contributed by atoms with Crippen LogP contribution in [0.1, 0.15) is 34.4 Å². The SMILES string of the molecule is Cc1cc(C)n(-c2nnc(-n3nc(C)cc3C)nn2)n1.Nc1ncn[nH]1.c1n[nH]c(Cc2nnc(Nc3ncn[nH]3)nn2)n1. The first-order valence-corrected chi connectivity index (χ1v) is 12.6. The van der Waals surface area contributed by atoms with E-state index in [0.717, 1.165) is 22.8 Å². The lowest BCUT2D eigenvalue weighted by Gasteiger charge is -2.02. The molecule has 0 aliphatic rings. The largest absolute Gasteiger partial charge is 0.368 e. The first kappa shape index (κ1) is 28.8. The summed E-state index contributed by atoms with van der Waals surface area (Å²) < 4.78 is 3.22. The molecule has 0 saturated heterocycles. The van der Waals surface area contributed by atoms with Gasteiger partial charge in [-0.25, -0.2) is 29.5 Å². The summed E-state index contributed by atoms with van der Waals surface area (Å²) in [4.78, 5) is 11.3. The lowest BCUT2D eigenvalue weighted by atomic mass is 10.4. The van der Waals surface area contributed by atoms with Crippen molar-refractivity contribution in [3.63, 3.8) is 0 Å². The van der Waals surface area contributed by atoms with E-state index in [1.165, 1.54) is 19.0 Å². The molecule has 0 fully saturated rings. The molecule has 0 amide bonds. The van der Waals surface area contributed by atoms with Crippen LogP contribution in [0.3, 0.4) is 0 Å². The minimum absolute atomic E-state index is 0.230. The van der Waals surface area contributed by atoms with Crippen molar-refractivity contribution in [3.05, 3.63) is 65.5 Å². The molecule has 23 nitrogen and oxygen atoms in total. The molecule has 0 bridgehead atoms. The van der Waals surface area contributed by atoms with Crippen molar-refractivity contribution >= 4 is 17.8 Å². The second-order valence-electron chi connectivity index (χ2n) is 8.76. The third-order valence-corrected chi connectivity index (χ3v) is 5.25. The van der Waals surface area contributed by atoms with Gasteiger partial charge in [0.2, 0.25) is 11.9 Å². The zero-order chi connectivity index (χ0) is 30.9. The van der Waals surface area contributed by atoms with Gasteiger partial charge in [0.25, 0.3) is 17.8 Å². The molecule has 7 heterocycles. The number of hydrogen-bond donors (Lipinski definition) is 5. The highest BCUT2D eigenvalue weighted by atomic mass is 15.5. The molecule has 7 aromatic rings. The topological polar surface area (TPSA) is 302 Å². The average Bonchev–Trinajstić information content (AvgIpc) is 3.86. The minimum Gasteiger partial charge on any atom is -0.368 e. The summed E-state index contributed by atoms with van der Waals surface area (Å²) in [6.45, 7) is 7.68. The zero-order valence-electron chi connectivity index (χ0n) is 23.7. The Bertz CT molecular complexity index is 1710. The van der Waals surface area contributed by atoms with Crippen molar-refractivity contribution in [2.45, 2.75) is 34.1 Å². The van der Waals surface area contributed by atoms with E-state index < -0.39 is 0 Å². The van der Waals surface area contributed by atoms with Gasteiger partial charge < -0.3 is 5.73 Å². The summed E-state index contributed by atoms with van der Waals surface area (Å²) in [5.74, 6) is 2.79. The van der Waals surface area contributed by atoms with E-state index in [1.807, 2.05) is 39.8 Å². The monoisotopic (exact) mass is 599 g/mol. The van der Waals surface area contributed by atoms with Crippen LogP contribution in [0.2, 0.25) is 0 Å². The van der Waals surface area contributed by atoms with E-state index in [1.54, 1.807) is 9.36 Å². The zero-order valence-corrected chi connectivity index (χ0v) is 23.7. The highest BCUT2D eigenvalue weighted by Gasteiger charge is 2.11. The fourth-order valence-corrected chi connectivity index (χ4v) is 3.47. The van der Waals surface area contributed by atoms with Crippen LogP contribution in [-0.4, -0.2) is 106 Å². The van der Waals surface area contributed by atoms with Crippen LogP contribution in [0.15, 0.2) is 31.1 Å². The number of nitrogens with two attached hydrogens (primary N) is 1. The molecule has 0 aromatic carbocycles. The molecule has 6 N–H and O–H groups in total. The number of anilines is 3. The van der Waals surface area contributed by atoms with Crippen molar-refractivity contribution in [2.24, 2.45) is 0 Å². The fraction of sp³-hybridized carbons (Fsp3) is 0.238. The van der Waals surface area contributed by atoms with Crippen LogP contribution in [0, 0.1) is 27.7 Å². The number of aryl methyl sites for hydroxylation is 4. The van der Waals surface area contributed by atoms with Crippen molar-refractivity contribution in [3.8, 4) is 11.9 Å². The number of rotatable bonds is 6. The summed E-state index contributed by atoms with van der Waals surface area (Å²) in [5, 5.41) is 61.7. The Morgan fingerprint density at radius 3 is 1.61 bits per heavy atom. The Morgan fingerprint density at radius 1 is 0.659 bits per heavy atom. The molecule has 0 saturated carbocycles. The molecule has 7 rings (SSSR count). The molecular formula is C21H25N23. The Balaban J connectivity index is 0.000000148. The number of nitrogens with one attached hydrogen (secondary N) is 4. The van der Waals surface area contributed by atoms with Crippen molar-refractivity contribution in [2.75, 3.05) is 11.1 Å². The molecule has 0 aliphatic carbocycles. The normalized spacial score (nSPS) is 10.5. The first-order chi connectivity index (χ1) is 21.3. The Hall–Kier alpha value is -6.68. The van der Waals surface area contributed by atoms with Gasteiger partial charge in [-0.3, -0.25) is 10.4 Å². The maximum atomic E-state index is 5.05. The van der Waals surface area contributed by atoms with Gasteiger partial charge in [0.1, 0.15) is 24.8 Å². The Labute approximate surface area is 246 Å². The van der Waals surface area contributed by atoms with Crippen LogP contribution in [0.4, 0.5) is 17.8 Å². The molecule has 44 heavy (non-hydrogen) atoms. The Kier molecular flexibility index (Phi) is 8.73. The van der Waals surface area contributed by atoms with E-state index in [0.29, 0.717) is 41.9 Å². The van der Waals surface area contributed by atoms with Gasteiger partial charge in [-0.2, -0.15) is 30.5 Å². The molecular weight excluding hydrogens is 574 g/mol. The van der Waals surface area contributed by atoms with Gasteiger partial charge in [0.15, 0.2) is 5.82 Å². The number of nitrogen functional groups attached to an aromatic ring is 1. The lowest BCUT2D eigenvalue weighted by molar-refractivity contribution is 0.662. The summed E-state index contributed by atoms with van der Waals surface area (Å²) >= 11 is 0. The third kappa shape index (κ3) is 7.53. The molecule has 7 aromatic heterocycles. The summed E-state index contributed by atoms with van der Waals surface area (Å²) in [6.07, 6.45) is 4.52. The number of H-pyrrole nitrogens is 3. The van der Waals surface area contributed by atoms with E-state index in [-0.39, 0.29) is 5.95 Å². The highest BCUT2D eigenvalue weighted by Crippen LogP contribution is 2.09. The van der Waals surface area contributed by atoms with E-state index in [2.05, 4.69) is 102 Å². The van der Waals surface area contributed by atoms with Crippen molar-refractivity contribution in [1.82, 2.24) is 106 Å². The highest BCUT2D eigenvalue weighted by molar-refractivity contribution is 5.38. The molecule has 0 aliphatic heterocycles. The Morgan fingerprint density at radius 2 is 1.20 bits per heavy atom. The van der Waals surface area contributed by atoms with Gasteiger partial charge in [0.05, 0.1) is 17.8 Å². The third-order valence-electron chi connectivity index (χ3n) is 5.25. The number of aromatic amines is 3. The van der Waals surface area contributed by atoms with E-state index in [4.69, 9.17) is 5.73 Å². The second kappa shape index (κ2) is 13.3. The van der Waals surface area contributed by atoms with Gasteiger partial charge in [-0.05, 0) is 39.8 Å². The number of nitrogens with zero attached hydrogens (tertiary/aromatic N) is 18. The van der Waals surface area contributed by atoms with Crippen LogP contribution in [-0.2, 0) is 6.42 Å². The maximum absolute atomic E-state index is 5.05. The number of aromatic nitrogens is 21. The van der Waals surface area contributed by atoms with Gasteiger partial charge >= 0.3 is 0 Å². The molecule has 0 radical (unpaired) electrons. The standard InChI is InChI=1S/C12H14N8.C7H7N11.C2H4N4/c1-7-5-9(3)19(17-7)11-13-15-12(16-14-11)20-10(4)6-8(2)18-20;1(4-8-2-10-13-4)5-14-17-7(18-15-5)12-6-9-3-11-16-6;3-2-4-1-5-6-2/h5-6H,1-4H3;2-3H,1H2,(H,8,10,13)(H2,9,11,12,16,17,18);1H,(H3,3,4,5,6). The van der Waals surface area contributed by atoms with Crippen LogP contribution >= 0.6 is 0 Å². The molecule has 224 valence electrons. The lowest BCUT2D eigenvalue weighted by Crippen LogP contribution is -2.13. The van der Waals surface area contributed by atoms with Crippen LogP contribution < -0.4 is 11.1 Å². The predicted octanol–water partition coefficient (Wildman–Crippen LogP) is -0.904. The molecule has 0 spiro atoms. The van der Waals surface area contributed by atoms with Gasteiger partial charge in [-0.1, -0.05) is 0 Å². The minimum atomic E-state index is 0.230. The smallest absolute Gasteiger partial charge is 0.289 e. The molecule has 23 heteroatoms. The predicted molar refractivity (Wildman–Crippen MR) is 148 cm³/mol. The summed E-state index contributed by atoms with van der Waals surface area (Å²) in [6, 6.07) is 3.89. The van der Waals surface area contributed by atoms with Gasteiger partial charge in [-0.15, -0.1) is 40.8 Å². The maximum Gasteiger partial charge on any atom is 0.289 e. The van der Waals surface area contributed by atoms with E-state index >= 15 is 0 Å². The van der Waals surface area contributed by atoms with Crippen molar-refractivity contribution in [1.29, 1.82) is 0 Å².